The maximum atomic E-state index is 11.7. The van der Waals surface area contributed by atoms with E-state index in [4.69, 9.17) is 5.11 Å². The largest absolute Gasteiger partial charge is 0.480 e. The van der Waals surface area contributed by atoms with Crippen LogP contribution in [0.1, 0.15) is 13.8 Å². The molecule has 96 valence electrons. The predicted octanol–water partition coefficient (Wildman–Crippen LogP) is 1.38. The molecule has 0 rings (SSSR count). The first-order valence-corrected chi connectivity index (χ1v) is 5.78. The van der Waals surface area contributed by atoms with E-state index in [2.05, 4.69) is 4.74 Å². The van der Waals surface area contributed by atoms with Gasteiger partial charge in [-0.15, -0.1) is 0 Å². The summed E-state index contributed by atoms with van der Waals surface area (Å²) in [5.74, 6) is -2.47. The van der Waals surface area contributed by atoms with Crippen molar-refractivity contribution in [3.63, 3.8) is 0 Å². The zero-order chi connectivity index (χ0) is 12.9. The molecule has 0 saturated carbocycles. The van der Waals surface area contributed by atoms with Crippen LogP contribution >= 0.6 is 0 Å². The molecule has 0 aliphatic carbocycles. The summed E-state index contributed by atoms with van der Waals surface area (Å²) in [5.41, 5.74) is 0. The maximum absolute atomic E-state index is 11.7. The van der Waals surface area contributed by atoms with Gasteiger partial charge in [0.1, 0.15) is 17.8 Å². The topological polar surface area (TPSA) is 63.6 Å². The number of alkyl halides is 3. The minimum atomic E-state index is -4.50. The first kappa shape index (κ1) is 15.4. The number of hydrogen-bond donors (Lipinski definition) is 1. The summed E-state index contributed by atoms with van der Waals surface area (Å²) >= 11 is 0. The fourth-order valence-corrected chi connectivity index (χ4v) is 2.24. The van der Waals surface area contributed by atoms with Crippen molar-refractivity contribution in [2.45, 2.75) is 25.3 Å². The second-order valence-corrected chi connectivity index (χ2v) is 4.97. The third-order valence-corrected chi connectivity index (χ3v) is 3.31. The SMILES string of the molecule is CC(C)C(C(=O)O)S(=O)COCC(F)(F)F. The summed E-state index contributed by atoms with van der Waals surface area (Å²) in [7, 11) is -1.97. The number of halogens is 3. The third-order valence-electron chi connectivity index (χ3n) is 1.60. The smallest absolute Gasteiger partial charge is 0.411 e. The molecule has 0 radical (unpaired) electrons. The lowest BCUT2D eigenvalue weighted by Crippen LogP contribution is -2.33. The van der Waals surface area contributed by atoms with Gasteiger partial charge in [-0.25, -0.2) is 0 Å². The predicted molar refractivity (Wildman–Crippen MR) is 51.3 cm³/mol. The molecule has 16 heavy (non-hydrogen) atoms. The minimum Gasteiger partial charge on any atom is -0.480 e. The van der Waals surface area contributed by atoms with Gasteiger partial charge in [-0.1, -0.05) is 13.8 Å². The van der Waals surface area contributed by atoms with E-state index in [-0.39, 0.29) is 0 Å². The van der Waals surface area contributed by atoms with Gasteiger partial charge in [-0.2, -0.15) is 13.2 Å². The van der Waals surface area contributed by atoms with Crippen molar-refractivity contribution in [1.82, 2.24) is 0 Å². The first-order valence-electron chi connectivity index (χ1n) is 4.39. The summed E-state index contributed by atoms with van der Waals surface area (Å²) in [5, 5.41) is 7.49. The number of carbonyl (C=O) groups is 1. The number of carboxylic acids is 1. The highest BCUT2D eigenvalue weighted by Crippen LogP contribution is 2.16. The molecular weight excluding hydrogens is 249 g/mol. The highest BCUT2D eigenvalue weighted by Gasteiger charge is 2.31. The summed E-state index contributed by atoms with van der Waals surface area (Å²) in [4.78, 5) is 10.7. The van der Waals surface area contributed by atoms with Crippen molar-refractivity contribution >= 4 is 16.8 Å². The van der Waals surface area contributed by atoms with Crippen molar-refractivity contribution in [1.29, 1.82) is 0 Å². The molecule has 0 aliphatic rings. The van der Waals surface area contributed by atoms with Gasteiger partial charge in [0.25, 0.3) is 0 Å². The molecule has 1 N–H and O–H groups in total. The fraction of sp³-hybridized carbons (Fsp3) is 0.875. The van der Waals surface area contributed by atoms with Crippen LogP contribution in [0.3, 0.4) is 0 Å². The Morgan fingerprint density at radius 1 is 1.44 bits per heavy atom. The van der Waals surface area contributed by atoms with E-state index in [9.17, 15) is 22.2 Å². The van der Waals surface area contributed by atoms with Gasteiger partial charge in [0, 0.05) is 0 Å². The van der Waals surface area contributed by atoms with Crippen molar-refractivity contribution in [3.05, 3.63) is 0 Å². The van der Waals surface area contributed by atoms with E-state index < -0.39 is 46.7 Å². The maximum Gasteiger partial charge on any atom is 0.411 e. The molecule has 0 aromatic rings. The van der Waals surface area contributed by atoms with Crippen molar-refractivity contribution in [2.75, 3.05) is 12.5 Å². The van der Waals surface area contributed by atoms with Gasteiger partial charge in [0.2, 0.25) is 0 Å². The molecular formula is C8H13F3O4S. The summed E-state index contributed by atoms with van der Waals surface area (Å²) < 4.78 is 50.6. The van der Waals surface area contributed by atoms with Gasteiger partial charge in [0.15, 0.2) is 0 Å². The Hall–Kier alpha value is -0.630. The fourth-order valence-electron chi connectivity index (χ4n) is 1.01. The van der Waals surface area contributed by atoms with E-state index in [1.54, 1.807) is 0 Å². The Labute approximate surface area is 93.2 Å². The van der Waals surface area contributed by atoms with E-state index in [0.29, 0.717) is 0 Å². The normalized spacial score (nSPS) is 16.1. The molecule has 2 atom stereocenters. The first-order chi connectivity index (χ1) is 7.15. The molecule has 2 unspecified atom stereocenters. The van der Waals surface area contributed by atoms with Crippen LogP contribution in [0.2, 0.25) is 0 Å². The van der Waals surface area contributed by atoms with Crippen LogP contribution in [0.25, 0.3) is 0 Å². The van der Waals surface area contributed by atoms with Crippen molar-refractivity contribution < 1.29 is 32.0 Å². The van der Waals surface area contributed by atoms with Crippen LogP contribution in [-0.2, 0) is 20.3 Å². The number of rotatable bonds is 6. The Balaban J connectivity index is 4.18. The number of ether oxygens (including phenoxy) is 1. The Morgan fingerprint density at radius 2 is 1.94 bits per heavy atom. The Bertz CT molecular complexity index is 264. The second kappa shape index (κ2) is 6.19. The zero-order valence-corrected chi connectivity index (χ0v) is 9.60. The van der Waals surface area contributed by atoms with Gasteiger partial charge in [-0.05, 0) is 5.92 Å². The summed E-state index contributed by atoms with van der Waals surface area (Å²) in [6.07, 6.45) is -4.50. The lowest BCUT2D eigenvalue weighted by molar-refractivity contribution is -0.169. The lowest BCUT2D eigenvalue weighted by Gasteiger charge is -2.16. The van der Waals surface area contributed by atoms with Crippen molar-refractivity contribution in [3.8, 4) is 0 Å². The second-order valence-electron chi connectivity index (χ2n) is 3.47. The number of aliphatic carboxylic acids is 1. The molecule has 4 nitrogen and oxygen atoms in total. The molecule has 0 aromatic heterocycles. The van der Waals surface area contributed by atoms with Crippen LogP contribution in [0.5, 0.6) is 0 Å². The van der Waals surface area contributed by atoms with Crippen molar-refractivity contribution in [2.24, 2.45) is 5.92 Å². The average molecular weight is 262 g/mol. The van der Waals surface area contributed by atoms with Gasteiger partial charge in [0.05, 0.1) is 10.8 Å². The molecule has 0 heterocycles. The minimum absolute atomic E-state index is 0.437. The Morgan fingerprint density at radius 3 is 2.25 bits per heavy atom. The van der Waals surface area contributed by atoms with Crippen LogP contribution < -0.4 is 0 Å². The number of hydrogen-bond acceptors (Lipinski definition) is 3. The highest BCUT2D eigenvalue weighted by atomic mass is 32.2. The highest BCUT2D eigenvalue weighted by molar-refractivity contribution is 7.86. The molecule has 8 heteroatoms. The number of carboxylic acid groups (broad SMARTS) is 1. The molecule has 0 amide bonds. The van der Waals surface area contributed by atoms with Crippen LogP contribution in [-0.4, -0.2) is 39.3 Å². The van der Waals surface area contributed by atoms with Crippen LogP contribution in [0, 0.1) is 5.92 Å². The molecule has 0 spiro atoms. The van der Waals surface area contributed by atoms with Gasteiger partial charge >= 0.3 is 12.1 Å². The van der Waals surface area contributed by atoms with E-state index in [1.807, 2.05) is 0 Å². The molecule has 0 bridgehead atoms. The monoisotopic (exact) mass is 262 g/mol. The summed E-state index contributed by atoms with van der Waals surface area (Å²) in [6, 6.07) is 0. The standard InChI is InChI=1S/C8H13F3O4S/c1-5(2)6(7(12)13)16(14)4-15-3-8(9,10)11/h5-6H,3-4H2,1-2H3,(H,12,13). The average Bonchev–Trinajstić information content (AvgIpc) is 1.99. The van der Waals surface area contributed by atoms with E-state index in [0.717, 1.165) is 0 Å². The summed E-state index contributed by atoms with van der Waals surface area (Å²) in [6.45, 7) is 1.53. The van der Waals surface area contributed by atoms with Crippen LogP contribution in [0.4, 0.5) is 13.2 Å². The quantitative estimate of drug-likeness (QED) is 0.785. The zero-order valence-electron chi connectivity index (χ0n) is 8.78. The lowest BCUT2D eigenvalue weighted by atomic mass is 10.1. The van der Waals surface area contributed by atoms with Gasteiger partial charge < -0.3 is 9.84 Å². The molecule has 0 aliphatic heterocycles. The van der Waals surface area contributed by atoms with E-state index >= 15 is 0 Å². The molecule has 0 fully saturated rings. The Kier molecular flexibility index (Phi) is 5.95. The van der Waals surface area contributed by atoms with Gasteiger partial charge in [-0.3, -0.25) is 9.00 Å². The van der Waals surface area contributed by atoms with Crippen LogP contribution in [0.15, 0.2) is 0 Å². The van der Waals surface area contributed by atoms with E-state index in [1.165, 1.54) is 13.8 Å². The third kappa shape index (κ3) is 6.06. The molecule has 0 saturated heterocycles. The molecule has 0 aromatic carbocycles.